The number of aromatic nitrogens is 3. The lowest BCUT2D eigenvalue weighted by Crippen LogP contribution is -2.43. The van der Waals surface area contributed by atoms with E-state index in [0.29, 0.717) is 46.7 Å². The Morgan fingerprint density at radius 1 is 0.938 bits per heavy atom. The third kappa shape index (κ3) is 4.23. The van der Waals surface area contributed by atoms with E-state index in [9.17, 15) is 9.59 Å². The predicted molar refractivity (Wildman–Crippen MR) is 123 cm³/mol. The lowest BCUT2D eigenvalue weighted by atomic mass is 9.88. The molecule has 2 aliphatic rings. The molecule has 0 aliphatic carbocycles. The molecule has 3 heterocycles. The maximum Gasteiger partial charge on any atom is 0.253 e. The molecule has 0 spiro atoms. The van der Waals surface area contributed by atoms with Gasteiger partial charge in [0.25, 0.3) is 5.91 Å². The van der Waals surface area contributed by atoms with Crippen LogP contribution < -0.4 is 0 Å². The van der Waals surface area contributed by atoms with Gasteiger partial charge in [0.2, 0.25) is 5.91 Å². The van der Waals surface area contributed by atoms with Gasteiger partial charge in [0.05, 0.1) is 0 Å². The molecule has 1 N–H and O–H groups in total. The molecule has 2 aromatic carbocycles. The van der Waals surface area contributed by atoms with Crippen LogP contribution in [0, 0.1) is 11.8 Å². The lowest BCUT2D eigenvalue weighted by molar-refractivity contribution is -0.125. The average Bonchev–Trinajstić information content (AvgIpc) is 3.42. The summed E-state index contributed by atoms with van der Waals surface area (Å²) in [6.07, 6.45) is 4.19. The monoisotopic (exact) mass is 469 g/mol. The molecule has 0 saturated carbocycles. The number of fused-ring (bicyclic) bond motifs is 2. The molecule has 2 atom stereocenters. The van der Waals surface area contributed by atoms with Gasteiger partial charge in [-0.25, -0.2) is 0 Å². The molecule has 7 nitrogen and oxygen atoms in total. The quantitative estimate of drug-likeness (QED) is 0.589. The molecule has 9 heteroatoms. The minimum Gasteiger partial charge on any atom is -0.339 e. The van der Waals surface area contributed by atoms with Crippen LogP contribution in [0.15, 0.2) is 42.5 Å². The molecule has 32 heavy (non-hydrogen) atoms. The molecule has 1 aromatic heterocycles. The summed E-state index contributed by atoms with van der Waals surface area (Å²) in [5, 5.41) is 11.7. The zero-order chi connectivity index (χ0) is 22.2. The number of hydrogen-bond donors (Lipinski definition) is 1. The van der Waals surface area contributed by atoms with Crippen molar-refractivity contribution in [2.24, 2.45) is 11.8 Å². The molecule has 2 aliphatic heterocycles. The summed E-state index contributed by atoms with van der Waals surface area (Å²) >= 11 is 12.1. The van der Waals surface area contributed by atoms with Crippen LogP contribution in [0.2, 0.25) is 10.0 Å². The number of carbonyl (C=O) groups is 2. The standard InChI is InChI=1S/C23H21Cl2N5O2/c24-18-7-14(8-19(25)10-18)1-4-22(31)30-11-16-5-6-29(12-17(16)13-30)23(32)15-2-3-20-21(9-15)27-28-26-20/h1-4,7-10,16-17H,5-6,11-13H2,(H,26,27,28)/b4-1+/t16?,17-/m1/s1. The highest BCUT2D eigenvalue weighted by molar-refractivity contribution is 6.34. The van der Waals surface area contributed by atoms with Crippen LogP contribution in [0.1, 0.15) is 22.3 Å². The normalized spacial score (nSPS) is 20.8. The minimum atomic E-state index is -0.0372. The summed E-state index contributed by atoms with van der Waals surface area (Å²) in [6, 6.07) is 10.5. The van der Waals surface area contributed by atoms with Gasteiger partial charge in [-0.2, -0.15) is 15.4 Å². The van der Waals surface area contributed by atoms with Crippen LogP contribution in [0.5, 0.6) is 0 Å². The van der Waals surface area contributed by atoms with Crippen molar-refractivity contribution in [3.63, 3.8) is 0 Å². The van der Waals surface area contributed by atoms with Crippen LogP contribution in [0.4, 0.5) is 0 Å². The fourth-order valence-corrected chi connectivity index (χ4v) is 5.18. The Morgan fingerprint density at radius 3 is 2.47 bits per heavy atom. The van der Waals surface area contributed by atoms with E-state index in [4.69, 9.17) is 23.2 Å². The number of hydrogen-bond acceptors (Lipinski definition) is 4. The van der Waals surface area contributed by atoms with E-state index in [1.165, 1.54) is 0 Å². The van der Waals surface area contributed by atoms with Gasteiger partial charge >= 0.3 is 0 Å². The zero-order valence-electron chi connectivity index (χ0n) is 17.2. The Kier molecular flexibility index (Phi) is 5.61. The fourth-order valence-electron chi connectivity index (χ4n) is 4.63. The summed E-state index contributed by atoms with van der Waals surface area (Å²) in [4.78, 5) is 29.5. The summed E-state index contributed by atoms with van der Waals surface area (Å²) in [5.74, 6) is 0.650. The van der Waals surface area contributed by atoms with Crippen molar-refractivity contribution in [3.05, 3.63) is 63.6 Å². The first-order valence-corrected chi connectivity index (χ1v) is 11.2. The largest absolute Gasteiger partial charge is 0.339 e. The van der Waals surface area contributed by atoms with Crippen molar-refractivity contribution >= 4 is 52.1 Å². The molecule has 1 unspecified atom stereocenters. The highest BCUT2D eigenvalue weighted by Crippen LogP contribution is 2.32. The van der Waals surface area contributed by atoms with Gasteiger partial charge < -0.3 is 9.80 Å². The van der Waals surface area contributed by atoms with Crippen molar-refractivity contribution in [2.75, 3.05) is 26.2 Å². The maximum absolute atomic E-state index is 13.0. The van der Waals surface area contributed by atoms with Gasteiger partial charge in [0, 0.05) is 47.9 Å². The number of rotatable bonds is 3. The fraction of sp³-hybridized carbons (Fsp3) is 0.304. The molecule has 3 aromatic rings. The Hall–Kier alpha value is -2.90. The second-order valence-corrected chi connectivity index (χ2v) is 9.24. The molecule has 164 valence electrons. The number of nitrogens with one attached hydrogen (secondary N) is 1. The third-order valence-electron chi connectivity index (χ3n) is 6.27. The highest BCUT2D eigenvalue weighted by atomic mass is 35.5. The maximum atomic E-state index is 13.0. The number of halogens is 2. The third-order valence-corrected chi connectivity index (χ3v) is 6.70. The number of carbonyl (C=O) groups excluding carboxylic acids is 2. The Balaban J connectivity index is 1.23. The highest BCUT2D eigenvalue weighted by Gasteiger charge is 2.39. The first kappa shape index (κ1) is 21.0. The molecule has 0 bridgehead atoms. The lowest BCUT2D eigenvalue weighted by Gasteiger charge is -2.34. The number of benzene rings is 2. The molecule has 0 radical (unpaired) electrons. The van der Waals surface area contributed by atoms with E-state index in [-0.39, 0.29) is 17.7 Å². The minimum absolute atomic E-state index is 0.00384. The molecule has 5 rings (SSSR count). The van der Waals surface area contributed by atoms with E-state index in [1.807, 2.05) is 9.80 Å². The number of piperidine rings is 1. The smallest absolute Gasteiger partial charge is 0.253 e. The van der Waals surface area contributed by atoms with Gasteiger partial charge in [-0.05, 0) is 66.3 Å². The first-order valence-electron chi connectivity index (χ1n) is 10.5. The Labute approximate surface area is 195 Å². The van der Waals surface area contributed by atoms with Crippen molar-refractivity contribution < 1.29 is 9.59 Å². The number of amides is 2. The van der Waals surface area contributed by atoms with Gasteiger partial charge in [-0.15, -0.1) is 0 Å². The predicted octanol–water partition coefficient (Wildman–Crippen LogP) is 3.90. The van der Waals surface area contributed by atoms with E-state index in [1.54, 1.807) is 48.6 Å². The topological polar surface area (TPSA) is 82.2 Å². The molecular weight excluding hydrogens is 449 g/mol. The molecule has 2 amide bonds. The van der Waals surface area contributed by atoms with Gasteiger partial charge in [0.15, 0.2) is 0 Å². The summed E-state index contributed by atoms with van der Waals surface area (Å²) in [5.41, 5.74) is 2.81. The van der Waals surface area contributed by atoms with Crippen LogP contribution >= 0.6 is 23.2 Å². The first-order chi connectivity index (χ1) is 15.5. The summed E-state index contributed by atoms with van der Waals surface area (Å²) in [7, 11) is 0. The molecule has 2 saturated heterocycles. The van der Waals surface area contributed by atoms with Crippen LogP contribution in [0.25, 0.3) is 17.1 Å². The second-order valence-electron chi connectivity index (χ2n) is 8.37. The molecule has 2 fully saturated rings. The van der Waals surface area contributed by atoms with Crippen molar-refractivity contribution in [2.45, 2.75) is 6.42 Å². The van der Waals surface area contributed by atoms with Gasteiger partial charge in [0.1, 0.15) is 11.0 Å². The van der Waals surface area contributed by atoms with Crippen molar-refractivity contribution in [1.82, 2.24) is 25.2 Å². The van der Waals surface area contributed by atoms with Crippen molar-refractivity contribution in [3.8, 4) is 0 Å². The molecular formula is C23H21Cl2N5O2. The Morgan fingerprint density at radius 2 is 1.66 bits per heavy atom. The van der Waals surface area contributed by atoms with Gasteiger partial charge in [-0.3, -0.25) is 9.59 Å². The SMILES string of the molecule is O=C(/C=C/c1cc(Cl)cc(Cl)c1)N1CC2CCN(C(=O)c3ccc4n[nH]nc4c3)C[C@@H]2C1. The summed E-state index contributed by atoms with van der Waals surface area (Å²) in [6.45, 7) is 2.71. The number of H-pyrrole nitrogens is 1. The second kappa shape index (κ2) is 8.56. The number of likely N-dealkylation sites (tertiary alicyclic amines) is 2. The van der Waals surface area contributed by atoms with Gasteiger partial charge in [-0.1, -0.05) is 23.2 Å². The average molecular weight is 470 g/mol. The summed E-state index contributed by atoms with van der Waals surface area (Å²) < 4.78 is 0. The van der Waals surface area contributed by atoms with E-state index in [2.05, 4.69) is 15.4 Å². The zero-order valence-corrected chi connectivity index (χ0v) is 18.7. The van der Waals surface area contributed by atoms with Crippen LogP contribution in [-0.2, 0) is 4.79 Å². The number of aromatic amines is 1. The number of nitrogens with zero attached hydrogens (tertiary/aromatic N) is 4. The van der Waals surface area contributed by atoms with Crippen LogP contribution in [0.3, 0.4) is 0 Å². The Bertz CT molecular complexity index is 1200. The van der Waals surface area contributed by atoms with Crippen LogP contribution in [-0.4, -0.2) is 63.2 Å². The van der Waals surface area contributed by atoms with Crippen molar-refractivity contribution in [1.29, 1.82) is 0 Å². The van der Waals surface area contributed by atoms with E-state index >= 15 is 0 Å². The van der Waals surface area contributed by atoms with E-state index in [0.717, 1.165) is 24.0 Å². The van der Waals surface area contributed by atoms with E-state index < -0.39 is 0 Å².